The van der Waals surface area contributed by atoms with E-state index in [1.54, 1.807) is 0 Å². The molecular formula is C18H27N2O2-. The van der Waals surface area contributed by atoms with E-state index in [0.717, 1.165) is 50.2 Å². The molecule has 0 heterocycles. The molecule has 1 aromatic carbocycles. The van der Waals surface area contributed by atoms with Crippen LogP contribution in [0.3, 0.4) is 0 Å². The quantitative estimate of drug-likeness (QED) is 0.369. The molecule has 0 saturated heterocycles. The van der Waals surface area contributed by atoms with Crippen molar-refractivity contribution in [2.75, 3.05) is 26.2 Å². The van der Waals surface area contributed by atoms with E-state index in [1.165, 1.54) is 5.56 Å². The van der Waals surface area contributed by atoms with Gasteiger partial charge in [-0.05, 0) is 38.0 Å². The average Bonchev–Trinajstić information content (AvgIpc) is 3.18. The van der Waals surface area contributed by atoms with E-state index in [4.69, 9.17) is 0 Å². The first-order chi connectivity index (χ1) is 10.8. The highest BCUT2D eigenvalue weighted by Gasteiger charge is 2.12. The van der Waals surface area contributed by atoms with Crippen LogP contribution in [0.1, 0.15) is 24.0 Å². The van der Waals surface area contributed by atoms with Gasteiger partial charge >= 0.3 is 0 Å². The molecule has 0 radical (unpaired) electrons. The normalized spacial score (nSPS) is 17.2. The van der Waals surface area contributed by atoms with Gasteiger partial charge in [0.25, 0.3) is 0 Å². The highest BCUT2D eigenvalue weighted by molar-refractivity contribution is 5.28. The van der Waals surface area contributed by atoms with Gasteiger partial charge in [0.15, 0.2) is 0 Å². The van der Waals surface area contributed by atoms with Crippen LogP contribution in [0.15, 0.2) is 42.0 Å². The molecular weight excluding hydrogens is 276 g/mol. The molecule has 1 aromatic rings. The first-order valence-electron chi connectivity index (χ1n) is 8.09. The molecule has 0 spiro atoms. The Balaban J connectivity index is 1.46. The van der Waals surface area contributed by atoms with Crippen LogP contribution in [-0.2, 0) is 13.2 Å². The third-order valence-electron chi connectivity index (χ3n) is 4.13. The van der Waals surface area contributed by atoms with E-state index >= 15 is 0 Å². The number of unbranched alkanes of at least 4 members (excludes halogenated alkanes) is 1. The van der Waals surface area contributed by atoms with Gasteiger partial charge in [0.2, 0.25) is 0 Å². The molecule has 0 fully saturated rings. The zero-order valence-electron chi connectivity index (χ0n) is 13.1. The summed E-state index contributed by atoms with van der Waals surface area (Å²) in [6.45, 7) is 4.00. The van der Waals surface area contributed by atoms with Crippen LogP contribution in [0, 0.1) is 5.92 Å². The van der Waals surface area contributed by atoms with Gasteiger partial charge < -0.3 is 20.8 Å². The topological polar surface area (TPSA) is 64.5 Å². The molecule has 22 heavy (non-hydrogen) atoms. The van der Waals surface area contributed by atoms with E-state index in [2.05, 4.69) is 22.8 Å². The Hall–Kier alpha value is -1.33. The van der Waals surface area contributed by atoms with Crippen molar-refractivity contribution < 1.29 is 10.2 Å². The molecule has 1 unspecified atom stereocenters. The number of aliphatic hydroxyl groups excluding tert-OH is 2. The van der Waals surface area contributed by atoms with Gasteiger partial charge in [-0.1, -0.05) is 18.2 Å². The second-order valence-electron chi connectivity index (χ2n) is 5.71. The Bertz CT molecular complexity index is 491. The van der Waals surface area contributed by atoms with Crippen LogP contribution < -0.4 is 10.6 Å². The van der Waals surface area contributed by atoms with E-state index in [-0.39, 0.29) is 13.2 Å². The van der Waals surface area contributed by atoms with Gasteiger partial charge in [0.05, 0.1) is 6.61 Å². The summed E-state index contributed by atoms with van der Waals surface area (Å²) in [7, 11) is 0. The summed E-state index contributed by atoms with van der Waals surface area (Å²) in [5, 5.41) is 25.2. The fourth-order valence-corrected chi connectivity index (χ4v) is 2.73. The fraction of sp³-hybridized carbons (Fsp3) is 0.500. The molecule has 4 N–H and O–H groups in total. The summed E-state index contributed by atoms with van der Waals surface area (Å²) in [5.41, 5.74) is 3.31. The summed E-state index contributed by atoms with van der Waals surface area (Å²) >= 11 is 0. The van der Waals surface area contributed by atoms with Gasteiger partial charge in [-0.3, -0.25) is 0 Å². The molecule has 4 nitrogen and oxygen atoms in total. The van der Waals surface area contributed by atoms with Crippen molar-refractivity contribution in [2.45, 2.75) is 26.0 Å². The monoisotopic (exact) mass is 303 g/mol. The zero-order valence-corrected chi connectivity index (χ0v) is 13.1. The molecule has 0 bridgehead atoms. The SMILES string of the molecule is OCC1=CC=CC1CNCCCCNCc1[cH-]ccc1CO. The Labute approximate surface area is 132 Å². The van der Waals surface area contributed by atoms with Crippen molar-refractivity contribution in [3.63, 3.8) is 0 Å². The van der Waals surface area contributed by atoms with E-state index in [9.17, 15) is 10.2 Å². The summed E-state index contributed by atoms with van der Waals surface area (Å²) in [4.78, 5) is 0. The standard InChI is InChI=1S/C18H27N2O2/c21-13-17-7-3-5-15(17)11-19-9-1-2-10-20-12-16-6-4-8-18(16)14-22/h3-8,15,19-22H,1-2,9-14H2/q-1. The largest absolute Gasteiger partial charge is 0.405 e. The molecule has 0 amide bonds. The van der Waals surface area contributed by atoms with Crippen LogP contribution in [-0.4, -0.2) is 36.5 Å². The molecule has 2 rings (SSSR count). The predicted octanol–water partition coefficient (Wildman–Crippen LogP) is 1.46. The number of nitrogens with one attached hydrogen (secondary N) is 2. The third kappa shape index (κ3) is 5.14. The van der Waals surface area contributed by atoms with Crippen molar-refractivity contribution in [3.8, 4) is 0 Å². The van der Waals surface area contributed by atoms with Crippen LogP contribution in [0.4, 0.5) is 0 Å². The minimum absolute atomic E-state index is 0.119. The molecule has 0 saturated carbocycles. The van der Waals surface area contributed by atoms with Crippen LogP contribution >= 0.6 is 0 Å². The highest BCUT2D eigenvalue weighted by atomic mass is 16.3. The number of aliphatic hydroxyl groups is 2. The molecule has 1 aliphatic carbocycles. The maximum atomic E-state index is 9.19. The number of rotatable bonds is 11. The molecule has 0 aliphatic heterocycles. The van der Waals surface area contributed by atoms with E-state index in [1.807, 2.05) is 24.3 Å². The summed E-state index contributed by atoms with van der Waals surface area (Å²) in [6.07, 6.45) is 8.42. The number of hydrogen-bond donors (Lipinski definition) is 4. The molecule has 0 aromatic heterocycles. The van der Waals surface area contributed by atoms with Crippen LogP contribution in [0.25, 0.3) is 0 Å². The first kappa shape index (κ1) is 17.0. The van der Waals surface area contributed by atoms with Crippen LogP contribution in [0.2, 0.25) is 0 Å². The lowest BCUT2D eigenvalue weighted by molar-refractivity contribution is 0.281. The van der Waals surface area contributed by atoms with Crippen molar-refractivity contribution in [3.05, 3.63) is 53.1 Å². The van der Waals surface area contributed by atoms with Crippen LogP contribution in [0.5, 0.6) is 0 Å². The molecule has 1 aliphatic rings. The van der Waals surface area contributed by atoms with Gasteiger partial charge in [-0.25, -0.2) is 6.07 Å². The van der Waals surface area contributed by atoms with Crippen molar-refractivity contribution in [2.24, 2.45) is 5.92 Å². The smallest absolute Gasteiger partial charge is 0.0651 e. The Kier molecular flexibility index (Phi) is 7.46. The van der Waals surface area contributed by atoms with E-state index in [0.29, 0.717) is 5.92 Å². The first-order valence-corrected chi connectivity index (χ1v) is 8.09. The van der Waals surface area contributed by atoms with Gasteiger partial charge in [-0.15, -0.1) is 5.56 Å². The van der Waals surface area contributed by atoms with Gasteiger partial charge in [-0.2, -0.15) is 17.7 Å². The summed E-state index contributed by atoms with van der Waals surface area (Å²) < 4.78 is 0. The van der Waals surface area contributed by atoms with Gasteiger partial charge in [0.1, 0.15) is 0 Å². The Morgan fingerprint density at radius 2 is 1.91 bits per heavy atom. The number of allylic oxidation sites excluding steroid dienone is 2. The molecule has 122 valence electrons. The maximum absolute atomic E-state index is 9.19. The Morgan fingerprint density at radius 1 is 1.09 bits per heavy atom. The minimum atomic E-state index is 0.119. The third-order valence-corrected chi connectivity index (χ3v) is 4.13. The number of hydrogen-bond acceptors (Lipinski definition) is 4. The lowest BCUT2D eigenvalue weighted by Gasteiger charge is -2.13. The lowest BCUT2D eigenvalue weighted by Crippen LogP contribution is -2.25. The molecule has 1 atom stereocenters. The molecule has 4 heteroatoms. The maximum Gasteiger partial charge on any atom is 0.0651 e. The Morgan fingerprint density at radius 3 is 2.68 bits per heavy atom. The lowest BCUT2D eigenvalue weighted by atomic mass is 10.0. The minimum Gasteiger partial charge on any atom is -0.405 e. The van der Waals surface area contributed by atoms with Crippen molar-refractivity contribution in [1.82, 2.24) is 10.6 Å². The summed E-state index contributed by atoms with van der Waals surface area (Å²) in [6, 6.07) is 6.01. The van der Waals surface area contributed by atoms with Gasteiger partial charge in [0, 0.05) is 19.1 Å². The second-order valence-corrected chi connectivity index (χ2v) is 5.71. The zero-order chi connectivity index (χ0) is 15.6. The van der Waals surface area contributed by atoms with Crippen molar-refractivity contribution >= 4 is 0 Å². The average molecular weight is 303 g/mol. The summed E-state index contributed by atoms with van der Waals surface area (Å²) in [5.74, 6) is 0.359. The predicted molar refractivity (Wildman–Crippen MR) is 89.6 cm³/mol. The second kappa shape index (κ2) is 9.64. The highest BCUT2D eigenvalue weighted by Crippen LogP contribution is 2.17. The van der Waals surface area contributed by atoms with E-state index < -0.39 is 0 Å². The van der Waals surface area contributed by atoms with Crippen molar-refractivity contribution in [1.29, 1.82) is 0 Å². The fourth-order valence-electron chi connectivity index (χ4n) is 2.73.